The molecule has 9 heteroatoms. The molecule has 1 aromatic carbocycles. The first-order chi connectivity index (χ1) is 14.6. The van der Waals surface area contributed by atoms with E-state index in [1.807, 2.05) is 0 Å². The highest BCUT2D eigenvalue weighted by atomic mass is 16.5. The van der Waals surface area contributed by atoms with Gasteiger partial charge in [0.15, 0.2) is 0 Å². The molecule has 0 saturated carbocycles. The minimum absolute atomic E-state index is 0.0566. The summed E-state index contributed by atoms with van der Waals surface area (Å²) in [6.45, 7) is 6.75. The fourth-order valence-electron chi connectivity index (χ4n) is 3.64. The van der Waals surface area contributed by atoms with Crippen molar-refractivity contribution >= 4 is 29.5 Å². The van der Waals surface area contributed by atoms with Gasteiger partial charge in [-0.05, 0) is 45.9 Å². The smallest absolute Gasteiger partial charge is 0.338 e. The number of carboxylic acid groups (broad SMARTS) is 1. The molecule has 2 N–H and O–H groups in total. The number of nitrogens with one attached hydrogen (secondary N) is 1. The zero-order valence-electron chi connectivity index (χ0n) is 17.7. The fraction of sp³-hybridized carbons (Fsp3) is 0.455. The van der Waals surface area contributed by atoms with Crippen molar-refractivity contribution in [2.24, 2.45) is 11.8 Å². The number of carboxylic acids is 1. The van der Waals surface area contributed by atoms with Crippen molar-refractivity contribution in [3.8, 4) is 0 Å². The number of fused-ring (bicyclic) bond motifs is 2. The SMILES string of the molecule is CC(C)OC(=O)c1cc(NC(=O)[C@H]2[C@@H](C(=O)O)[C@H]3C=C[C@H]2O3)cc(C(=O)OC(C)C)c1. The number of ether oxygens (including phenoxy) is 3. The Morgan fingerprint density at radius 2 is 1.35 bits per heavy atom. The average molecular weight is 431 g/mol. The van der Waals surface area contributed by atoms with E-state index in [-0.39, 0.29) is 29.0 Å². The number of benzene rings is 1. The van der Waals surface area contributed by atoms with Crippen molar-refractivity contribution in [3.05, 3.63) is 41.5 Å². The van der Waals surface area contributed by atoms with Gasteiger partial charge < -0.3 is 24.6 Å². The topological polar surface area (TPSA) is 128 Å². The standard InChI is InChI=1S/C22H25NO8/c1-10(2)29-21(27)12-7-13(22(28)30-11(3)4)9-14(8-12)23-19(24)17-15-5-6-16(31-15)18(17)20(25)26/h5-11,15-18H,1-4H3,(H,23,24)(H,25,26)/t15-,16-,17-,18+/m1/s1. The summed E-state index contributed by atoms with van der Waals surface area (Å²) in [7, 11) is 0. The van der Waals surface area contributed by atoms with E-state index in [1.54, 1.807) is 39.8 Å². The molecule has 0 unspecified atom stereocenters. The number of amides is 1. The lowest BCUT2D eigenvalue weighted by molar-refractivity contribution is -0.145. The molecule has 2 aliphatic rings. The van der Waals surface area contributed by atoms with Crippen molar-refractivity contribution in [1.29, 1.82) is 0 Å². The highest BCUT2D eigenvalue weighted by molar-refractivity contribution is 6.01. The Bertz CT molecular complexity index is 895. The summed E-state index contributed by atoms with van der Waals surface area (Å²) >= 11 is 0. The quantitative estimate of drug-likeness (QED) is 0.498. The molecule has 0 spiro atoms. The van der Waals surface area contributed by atoms with Crippen molar-refractivity contribution in [3.63, 3.8) is 0 Å². The third kappa shape index (κ3) is 4.93. The lowest BCUT2D eigenvalue weighted by Crippen LogP contribution is -2.39. The third-order valence-corrected chi connectivity index (χ3v) is 4.84. The van der Waals surface area contributed by atoms with E-state index in [1.165, 1.54) is 18.2 Å². The van der Waals surface area contributed by atoms with Gasteiger partial charge in [-0.2, -0.15) is 0 Å². The van der Waals surface area contributed by atoms with Crippen molar-refractivity contribution < 1.29 is 38.5 Å². The first kappa shape index (κ1) is 22.5. The van der Waals surface area contributed by atoms with Crippen molar-refractivity contribution in [2.75, 3.05) is 5.32 Å². The van der Waals surface area contributed by atoms with Crippen LogP contribution in [0.4, 0.5) is 5.69 Å². The Kier molecular flexibility index (Phi) is 6.45. The van der Waals surface area contributed by atoms with Crippen LogP contribution in [0.2, 0.25) is 0 Å². The van der Waals surface area contributed by atoms with Gasteiger partial charge in [0.05, 0.1) is 41.5 Å². The predicted octanol–water partition coefficient (Wildman–Crippen LogP) is 2.41. The normalized spacial score (nSPS) is 23.8. The number of rotatable bonds is 7. The first-order valence-corrected chi connectivity index (χ1v) is 10.0. The van der Waals surface area contributed by atoms with Gasteiger partial charge >= 0.3 is 17.9 Å². The van der Waals surface area contributed by atoms with Gasteiger partial charge in [0.2, 0.25) is 5.91 Å². The zero-order valence-corrected chi connectivity index (χ0v) is 17.7. The predicted molar refractivity (Wildman–Crippen MR) is 109 cm³/mol. The van der Waals surface area contributed by atoms with Gasteiger partial charge in [-0.15, -0.1) is 0 Å². The number of anilines is 1. The van der Waals surface area contributed by atoms with Crippen LogP contribution >= 0.6 is 0 Å². The number of hydrogen-bond acceptors (Lipinski definition) is 7. The molecule has 2 bridgehead atoms. The maximum absolute atomic E-state index is 12.9. The molecule has 1 aromatic rings. The van der Waals surface area contributed by atoms with E-state index in [9.17, 15) is 24.3 Å². The number of hydrogen-bond donors (Lipinski definition) is 2. The van der Waals surface area contributed by atoms with E-state index in [2.05, 4.69) is 5.32 Å². The molecule has 31 heavy (non-hydrogen) atoms. The van der Waals surface area contributed by atoms with Crippen LogP contribution in [0.25, 0.3) is 0 Å². The second kappa shape index (κ2) is 8.89. The second-order valence-corrected chi connectivity index (χ2v) is 8.04. The first-order valence-electron chi connectivity index (χ1n) is 10.0. The molecule has 3 rings (SSSR count). The Hall–Kier alpha value is -3.20. The summed E-state index contributed by atoms with van der Waals surface area (Å²) in [6.07, 6.45) is 1.22. The van der Waals surface area contributed by atoms with Crippen molar-refractivity contribution in [2.45, 2.75) is 52.1 Å². The van der Waals surface area contributed by atoms with Crippen LogP contribution < -0.4 is 5.32 Å². The maximum Gasteiger partial charge on any atom is 0.338 e. The van der Waals surface area contributed by atoms with Crippen molar-refractivity contribution in [1.82, 2.24) is 0 Å². The van der Waals surface area contributed by atoms with E-state index < -0.39 is 47.9 Å². The van der Waals surface area contributed by atoms with Crippen LogP contribution in [-0.4, -0.2) is 53.3 Å². The highest BCUT2D eigenvalue weighted by Gasteiger charge is 2.53. The molecule has 1 saturated heterocycles. The Labute approximate surface area is 179 Å². The summed E-state index contributed by atoms with van der Waals surface area (Å²) in [4.78, 5) is 49.3. The number of carbonyl (C=O) groups is 4. The van der Waals surface area contributed by atoms with Gasteiger partial charge in [-0.3, -0.25) is 9.59 Å². The number of aliphatic carboxylic acids is 1. The largest absolute Gasteiger partial charge is 0.481 e. The number of carbonyl (C=O) groups excluding carboxylic acids is 3. The summed E-state index contributed by atoms with van der Waals surface area (Å²) in [6, 6.07) is 4.07. The van der Waals surface area contributed by atoms with Crippen LogP contribution in [0, 0.1) is 11.8 Å². The lowest BCUT2D eigenvalue weighted by Gasteiger charge is -2.21. The summed E-state index contributed by atoms with van der Waals surface area (Å²) < 4.78 is 15.9. The van der Waals surface area contributed by atoms with Crippen LogP contribution in [0.1, 0.15) is 48.4 Å². The van der Waals surface area contributed by atoms with Gasteiger partial charge in [-0.25, -0.2) is 9.59 Å². The molecule has 0 radical (unpaired) electrons. The van der Waals surface area contributed by atoms with Gasteiger partial charge in [0.1, 0.15) is 5.92 Å². The summed E-state index contributed by atoms with van der Waals surface area (Å²) in [5.41, 5.74) is 0.261. The monoisotopic (exact) mass is 431 g/mol. The van der Waals surface area contributed by atoms with E-state index >= 15 is 0 Å². The molecule has 1 amide bonds. The molecule has 4 atom stereocenters. The van der Waals surface area contributed by atoms with Crippen LogP contribution in [0.3, 0.4) is 0 Å². The molecule has 166 valence electrons. The summed E-state index contributed by atoms with van der Waals surface area (Å²) in [5.74, 6) is -5.01. The van der Waals surface area contributed by atoms with E-state index in [0.717, 1.165) is 0 Å². The van der Waals surface area contributed by atoms with Gasteiger partial charge in [0, 0.05) is 5.69 Å². The van der Waals surface area contributed by atoms with Crippen LogP contribution in [0.5, 0.6) is 0 Å². The molecular formula is C22H25NO8. The second-order valence-electron chi connectivity index (χ2n) is 8.04. The lowest BCUT2D eigenvalue weighted by atomic mass is 9.82. The molecule has 0 aliphatic carbocycles. The summed E-state index contributed by atoms with van der Waals surface area (Å²) in [5, 5.41) is 12.1. The Balaban J connectivity index is 1.89. The fourth-order valence-corrected chi connectivity index (χ4v) is 3.64. The highest BCUT2D eigenvalue weighted by Crippen LogP contribution is 2.40. The molecular weight excluding hydrogens is 406 g/mol. The van der Waals surface area contributed by atoms with Crippen LogP contribution in [0.15, 0.2) is 30.4 Å². The van der Waals surface area contributed by atoms with E-state index in [0.29, 0.717) is 0 Å². The maximum atomic E-state index is 12.9. The van der Waals surface area contributed by atoms with E-state index in [4.69, 9.17) is 14.2 Å². The molecule has 0 aromatic heterocycles. The Morgan fingerprint density at radius 1 is 0.871 bits per heavy atom. The van der Waals surface area contributed by atoms with Crippen LogP contribution in [-0.2, 0) is 23.8 Å². The molecule has 1 fully saturated rings. The third-order valence-electron chi connectivity index (χ3n) is 4.84. The Morgan fingerprint density at radius 3 is 1.81 bits per heavy atom. The molecule has 2 aliphatic heterocycles. The zero-order chi connectivity index (χ0) is 22.9. The molecule has 2 heterocycles. The van der Waals surface area contributed by atoms with Gasteiger partial charge in [0.25, 0.3) is 0 Å². The van der Waals surface area contributed by atoms with Gasteiger partial charge in [-0.1, -0.05) is 12.2 Å². The molecule has 9 nitrogen and oxygen atoms in total. The number of esters is 2. The minimum atomic E-state index is -1.13. The minimum Gasteiger partial charge on any atom is -0.481 e. The average Bonchev–Trinajstić information content (AvgIpc) is 3.28.